The molecule has 0 N–H and O–H groups in total. The number of hydrogen-bond donors (Lipinski definition) is 0. The molecule has 3 nitrogen and oxygen atoms in total. The Morgan fingerprint density at radius 2 is 2.16 bits per heavy atom. The van der Waals surface area contributed by atoms with Crippen LogP contribution in [0.25, 0.3) is 0 Å². The monoisotopic (exact) mass is 280 g/mol. The highest BCUT2D eigenvalue weighted by Gasteiger charge is 2.24. The number of likely N-dealkylation sites (N-methyl/N-ethyl adjacent to an activating group) is 1. The van der Waals surface area contributed by atoms with Gasteiger partial charge in [-0.3, -0.25) is 4.79 Å². The molecule has 0 saturated carbocycles. The molecular weight excluding hydrogens is 260 g/mol. The second kappa shape index (κ2) is 6.51. The van der Waals surface area contributed by atoms with Crippen molar-refractivity contribution < 1.29 is 4.79 Å². The lowest BCUT2D eigenvalue weighted by Gasteiger charge is -2.20. The van der Waals surface area contributed by atoms with Crippen molar-refractivity contribution >= 4 is 17.4 Å². The van der Waals surface area contributed by atoms with Gasteiger partial charge in [0.25, 0.3) is 0 Å². The molecule has 1 aliphatic heterocycles. The van der Waals surface area contributed by atoms with Crippen LogP contribution in [0.3, 0.4) is 0 Å². The molecule has 1 aromatic carbocycles. The third-order valence-electron chi connectivity index (χ3n) is 3.81. The number of carbonyl (C=O) groups excluding carboxylic acids is 1. The number of hydrogen-bond acceptors (Lipinski definition) is 3. The molecule has 19 heavy (non-hydrogen) atoms. The zero-order chi connectivity index (χ0) is 13.8. The predicted octanol–water partition coefficient (Wildman–Crippen LogP) is 2.55. The van der Waals surface area contributed by atoms with Crippen molar-refractivity contribution in [2.45, 2.75) is 18.9 Å². The van der Waals surface area contributed by atoms with Crippen LogP contribution in [0.4, 0.5) is 0 Å². The van der Waals surface area contributed by atoms with Crippen LogP contribution >= 0.6 is 11.6 Å². The first kappa shape index (κ1) is 14.5. The number of Topliss-reactive ketones (excluding diaryl/α,β-unsaturated/α-hetero) is 1. The zero-order valence-electron chi connectivity index (χ0n) is 11.6. The Labute approximate surface area is 120 Å². The van der Waals surface area contributed by atoms with E-state index in [0.717, 1.165) is 19.6 Å². The standard InChI is InChI=1S/C15H21ClN2O/c1-17(2)12-7-9-18(11-12)10-8-15(19)13-5-3-4-6-14(13)16/h3-6,12H,7-11H2,1-2H3. The molecule has 1 heterocycles. The van der Waals surface area contributed by atoms with Crippen molar-refractivity contribution in [2.24, 2.45) is 0 Å². The van der Waals surface area contributed by atoms with Crippen LogP contribution in [0.5, 0.6) is 0 Å². The zero-order valence-corrected chi connectivity index (χ0v) is 12.4. The van der Waals surface area contributed by atoms with Crippen LogP contribution in [0.15, 0.2) is 24.3 Å². The van der Waals surface area contributed by atoms with E-state index in [2.05, 4.69) is 23.9 Å². The molecule has 104 valence electrons. The maximum absolute atomic E-state index is 12.1. The van der Waals surface area contributed by atoms with Gasteiger partial charge in [0.05, 0.1) is 5.02 Å². The van der Waals surface area contributed by atoms with Gasteiger partial charge in [0.1, 0.15) is 0 Å². The van der Waals surface area contributed by atoms with Gasteiger partial charge in [-0.1, -0.05) is 23.7 Å². The molecule has 0 bridgehead atoms. The highest BCUT2D eigenvalue weighted by Crippen LogP contribution is 2.18. The number of carbonyl (C=O) groups is 1. The summed E-state index contributed by atoms with van der Waals surface area (Å²) < 4.78 is 0. The third kappa shape index (κ3) is 3.78. The second-order valence-corrected chi connectivity index (χ2v) is 5.77. The normalized spacial score (nSPS) is 20.1. The van der Waals surface area contributed by atoms with E-state index in [1.807, 2.05) is 12.1 Å². The summed E-state index contributed by atoms with van der Waals surface area (Å²) in [5.74, 6) is 0.138. The summed E-state index contributed by atoms with van der Waals surface area (Å²) in [6.45, 7) is 2.97. The average Bonchev–Trinajstić information content (AvgIpc) is 2.85. The first-order chi connectivity index (χ1) is 9.08. The first-order valence-corrected chi connectivity index (χ1v) is 7.12. The number of rotatable bonds is 5. The maximum Gasteiger partial charge on any atom is 0.165 e. The van der Waals surface area contributed by atoms with Crippen LogP contribution in [0.1, 0.15) is 23.2 Å². The molecule has 1 saturated heterocycles. The maximum atomic E-state index is 12.1. The van der Waals surface area contributed by atoms with Crippen LogP contribution in [0.2, 0.25) is 5.02 Å². The number of halogens is 1. The Kier molecular flexibility index (Phi) is 4.97. The van der Waals surface area contributed by atoms with E-state index in [9.17, 15) is 4.79 Å². The number of nitrogens with zero attached hydrogens (tertiary/aromatic N) is 2. The Balaban J connectivity index is 1.84. The molecule has 4 heteroatoms. The molecule has 1 aromatic rings. The van der Waals surface area contributed by atoms with Crippen molar-refractivity contribution in [3.8, 4) is 0 Å². The highest BCUT2D eigenvalue weighted by molar-refractivity contribution is 6.33. The molecule has 0 aromatic heterocycles. The van der Waals surface area contributed by atoms with E-state index >= 15 is 0 Å². The fourth-order valence-corrected chi connectivity index (χ4v) is 2.76. The van der Waals surface area contributed by atoms with E-state index in [1.54, 1.807) is 12.1 Å². The molecule has 1 fully saturated rings. The van der Waals surface area contributed by atoms with Gasteiger partial charge in [0.15, 0.2) is 5.78 Å². The molecule has 0 spiro atoms. The van der Waals surface area contributed by atoms with Gasteiger partial charge in [0.2, 0.25) is 0 Å². The van der Waals surface area contributed by atoms with Gasteiger partial charge in [-0.05, 0) is 39.2 Å². The minimum absolute atomic E-state index is 0.138. The molecule has 2 rings (SSSR count). The first-order valence-electron chi connectivity index (χ1n) is 6.74. The van der Waals surface area contributed by atoms with Crippen molar-refractivity contribution in [2.75, 3.05) is 33.7 Å². The molecular formula is C15H21ClN2O. The van der Waals surface area contributed by atoms with Crippen molar-refractivity contribution in [1.82, 2.24) is 9.80 Å². The third-order valence-corrected chi connectivity index (χ3v) is 4.14. The summed E-state index contributed by atoms with van der Waals surface area (Å²) >= 11 is 6.04. The summed E-state index contributed by atoms with van der Waals surface area (Å²) in [4.78, 5) is 16.7. The Hall–Kier alpha value is -0.900. The van der Waals surface area contributed by atoms with Gasteiger partial charge in [-0.15, -0.1) is 0 Å². The topological polar surface area (TPSA) is 23.6 Å². The molecule has 1 unspecified atom stereocenters. The highest BCUT2D eigenvalue weighted by atomic mass is 35.5. The number of benzene rings is 1. The predicted molar refractivity (Wildman–Crippen MR) is 78.9 cm³/mol. The van der Waals surface area contributed by atoms with Crippen LogP contribution in [0, 0.1) is 0 Å². The average molecular weight is 281 g/mol. The summed E-state index contributed by atoms with van der Waals surface area (Å²) in [7, 11) is 4.23. The lowest BCUT2D eigenvalue weighted by Crippen LogP contribution is -2.32. The van der Waals surface area contributed by atoms with Gasteiger partial charge in [-0.2, -0.15) is 0 Å². The number of ketones is 1. The van der Waals surface area contributed by atoms with E-state index in [4.69, 9.17) is 11.6 Å². The quantitative estimate of drug-likeness (QED) is 0.775. The minimum atomic E-state index is 0.138. The fourth-order valence-electron chi connectivity index (χ4n) is 2.52. The van der Waals surface area contributed by atoms with Gasteiger partial charge in [-0.25, -0.2) is 0 Å². The molecule has 0 aliphatic carbocycles. The molecule has 0 radical (unpaired) electrons. The summed E-state index contributed by atoms with van der Waals surface area (Å²) in [6, 6.07) is 7.90. The van der Waals surface area contributed by atoms with Gasteiger partial charge >= 0.3 is 0 Å². The lowest BCUT2D eigenvalue weighted by molar-refractivity contribution is 0.0968. The molecule has 1 aliphatic rings. The summed E-state index contributed by atoms with van der Waals surface area (Å²) in [6.07, 6.45) is 1.73. The van der Waals surface area contributed by atoms with Crippen LogP contribution in [-0.2, 0) is 0 Å². The van der Waals surface area contributed by atoms with Crippen LogP contribution in [-0.4, -0.2) is 55.4 Å². The second-order valence-electron chi connectivity index (χ2n) is 5.36. The Morgan fingerprint density at radius 1 is 1.42 bits per heavy atom. The minimum Gasteiger partial charge on any atom is -0.305 e. The van der Waals surface area contributed by atoms with E-state index in [-0.39, 0.29) is 5.78 Å². The largest absolute Gasteiger partial charge is 0.305 e. The van der Waals surface area contributed by atoms with E-state index < -0.39 is 0 Å². The molecule has 0 amide bonds. The SMILES string of the molecule is CN(C)C1CCN(CCC(=O)c2ccccc2Cl)C1. The fraction of sp³-hybridized carbons (Fsp3) is 0.533. The molecule has 1 atom stereocenters. The number of likely N-dealkylation sites (tertiary alicyclic amines) is 1. The van der Waals surface area contributed by atoms with E-state index in [0.29, 0.717) is 23.0 Å². The van der Waals surface area contributed by atoms with E-state index in [1.165, 1.54) is 6.42 Å². The lowest BCUT2D eigenvalue weighted by atomic mass is 10.1. The van der Waals surface area contributed by atoms with Crippen molar-refractivity contribution in [3.05, 3.63) is 34.9 Å². The Bertz CT molecular complexity index is 448. The smallest absolute Gasteiger partial charge is 0.165 e. The van der Waals surface area contributed by atoms with Gasteiger partial charge < -0.3 is 9.80 Å². The summed E-state index contributed by atoms with van der Waals surface area (Å²) in [5.41, 5.74) is 0.646. The summed E-state index contributed by atoms with van der Waals surface area (Å²) in [5, 5.41) is 0.556. The van der Waals surface area contributed by atoms with Crippen molar-refractivity contribution in [3.63, 3.8) is 0 Å². The van der Waals surface area contributed by atoms with Crippen molar-refractivity contribution in [1.29, 1.82) is 0 Å². The Morgan fingerprint density at radius 3 is 2.79 bits per heavy atom. The van der Waals surface area contributed by atoms with Gasteiger partial charge in [0, 0.05) is 31.1 Å². The van der Waals surface area contributed by atoms with Crippen LogP contribution < -0.4 is 0 Å².